The van der Waals surface area contributed by atoms with E-state index in [4.69, 9.17) is 0 Å². The number of halogens is 1. The molecule has 2 N–H and O–H groups in total. The first-order chi connectivity index (χ1) is 9.06. The highest BCUT2D eigenvalue weighted by molar-refractivity contribution is 5.35. The van der Waals surface area contributed by atoms with E-state index in [9.17, 15) is 9.50 Å². The average Bonchev–Trinajstić information content (AvgIpc) is 2.39. The van der Waals surface area contributed by atoms with E-state index < -0.39 is 0 Å². The molecule has 19 heavy (non-hydrogen) atoms. The zero-order chi connectivity index (χ0) is 13.8. The van der Waals surface area contributed by atoms with Crippen LogP contribution in [0, 0.1) is 12.7 Å². The van der Waals surface area contributed by atoms with Crippen LogP contribution in [-0.2, 0) is 6.54 Å². The summed E-state index contributed by atoms with van der Waals surface area (Å²) < 4.78 is 13.1. The van der Waals surface area contributed by atoms with E-state index in [1.165, 1.54) is 12.1 Å². The van der Waals surface area contributed by atoms with Crippen LogP contribution in [0.15, 0.2) is 42.5 Å². The molecule has 0 aromatic heterocycles. The van der Waals surface area contributed by atoms with E-state index in [1.54, 1.807) is 12.1 Å². The van der Waals surface area contributed by atoms with Crippen molar-refractivity contribution in [3.8, 4) is 5.75 Å². The fourth-order valence-electron chi connectivity index (χ4n) is 2.01. The molecule has 0 spiro atoms. The molecule has 0 aliphatic heterocycles. The van der Waals surface area contributed by atoms with Crippen LogP contribution in [0.1, 0.15) is 29.7 Å². The molecular formula is C16H18FNO. The molecule has 2 aromatic rings. The van der Waals surface area contributed by atoms with E-state index in [2.05, 4.69) is 5.32 Å². The van der Waals surface area contributed by atoms with Crippen molar-refractivity contribution >= 4 is 0 Å². The van der Waals surface area contributed by atoms with Gasteiger partial charge >= 0.3 is 0 Å². The number of hydrogen-bond donors (Lipinski definition) is 2. The molecular weight excluding hydrogens is 241 g/mol. The third-order valence-electron chi connectivity index (χ3n) is 3.18. The van der Waals surface area contributed by atoms with Gasteiger partial charge in [0.1, 0.15) is 11.6 Å². The normalized spacial score (nSPS) is 12.4. The summed E-state index contributed by atoms with van der Waals surface area (Å²) in [5, 5.41) is 13.0. The summed E-state index contributed by atoms with van der Waals surface area (Å²) in [6.45, 7) is 4.51. The summed E-state index contributed by atoms with van der Waals surface area (Å²) in [6, 6.07) is 12.1. The highest BCUT2D eigenvalue weighted by Crippen LogP contribution is 2.20. The largest absolute Gasteiger partial charge is 0.508 e. The average molecular weight is 259 g/mol. The Morgan fingerprint density at radius 1 is 1.21 bits per heavy atom. The highest BCUT2D eigenvalue weighted by Gasteiger charge is 2.07. The van der Waals surface area contributed by atoms with Gasteiger partial charge in [-0.3, -0.25) is 0 Å². The lowest BCUT2D eigenvalue weighted by molar-refractivity contribution is 0.460. The number of phenols is 1. The zero-order valence-corrected chi connectivity index (χ0v) is 11.2. The predicted octanol–water partition coefficient (Wildman–Crippen LogP) is 3.69. The molecule has 0 aliphatic carbocycles. The van der Waals surface area contributed by atoms with Gasteiger partial charge in [-0.1, -0.05) is 29.8 Å². The van der Waals surface area contributed by atoms with Crippen LogP contribution in [0.5, 0.6) is 5.75 Å². The molecule has 0 heterocycles. The van der Waals surface area contributed by atoms with Crippen molar-refractivity contribution < 1.29 is 9.50 Å². The molecule has 2 aromatic carbocycles. The molecule has 100 valence electrons. The zero-order valence-electron chi connectivity index (χ0n) is 11.2. The van der Waals surface area contributed by atoms with Gasteiger partial charge in [0.05, 0.1) is 0 Å². The molecule has 1 atom stereocenters. The molecule has 0 saturated heterocycles. The highest BCUT2D eigenvalue weighted by atomic mass is 19.1. The van der Waals surface area contributed by atoms with E-state index in [-0.39, 0.29) is 17.6 Å². The first-order valence-electron chi connectivity index (χ1n) is 6.33. The summed E-state index contributed by atoms with van der Waals surface area (Å²) in [4.78, 5) is 0. The Kier molecular flexibility index (Phi) is 4.17. The molecule has 1 unspecified atom stereocenters. The lowest BCUT2D eigenvalue weighted by Crippen LogP contribution is -2.18. The van der Waals surface area contributed by atoms with Crippen LogP contribution < -0.4 is 5.32 Å². The van der Waals surface area contributed by atoms with Crippen LogP contribution in [0.25, 0.3) is 0 Å². The molecule has 0 fully saturated rings. The molecule has 2 rings (SSSR count). The van der Waals surface area contributed by atoms with Gasteiger partial charge in [-0.15, -0.1) is 0 Å². The number of benzene rings is 2. The maximum absolute atomic E-state index is 13.1. The lowest BCUT2D eigenvalue weighted by atomic mass is 10.1. The topological polar surface area (TPSA) is 32.3 Å². The summed E-state index contributed by atoms with van der Waals surface area (Å²) in [5.74, 6) is 0.0501. The molecule has 0 amide bonds. The predicted molar refractivity (Wildman–Crippen MR) is 74.5 cm³/mol. The maximum atomic E-state index is 13.1. The fourth-order valence-corrected chi connectivity index (χ4v) is 2.01. The van der Waals surface area contributed by atoms with Gasteiger partial charge in [0, 0.05) is 18.2 Å². The Labute approximate surface area is 112 Å². The van der Waals surface area contributed by atoms with Gasteiger partial charge in [-0.2, -0.15) is 0 Å². The minimum Gasteiger partial charge on any atom is -0.508 e. The quantitative estimate of drug-likeness (QED) is 0.877. The van der Waals surface area contributed by atoms with E-state index in [0.29, 0.717) is 6.54 Å². The first kappa shape index (κ1) is 13.6. The van der Waals surface area contributed by atoms with Crippen LogP contribution >= 0.6 is 0 Å². The SMILES string of the molecule is Cc1ccc(O)c(CNC(C)c2cccc(F)c2)c1. The second-order valence-corrected chi connectivity index (χ2v) is 4.79. The van der Waals surface area contributed by atoms with Crippen LogP contribution in [0.2, 0.25) is 0 Å². The summed E-state index contributed by atoms with van der Waals surface area (Å²) in [7, 11) is 0. The van der Waals surface area contributed by atoms with Crippen molar-refractivity contribution in [2.45, 2.75) is 26.4 Å². The minimum atomic E-state index is -0.232. The fraction of sp³-hybridized carbons (Fsp3) is 0.250. The first-order valence-corrected chi connectivity index (χ1v) is 6.33. The van der Waals surface area contributed by atoms with Crippen molar-refractivity contribution in [3.05, 3.63) is 65.0 Å². The van der Waals surface area contributed by atoms with Crippen molar-refractivity contribution in [2.75, 3.05) is 0 Å². The monoisotopic (exact) mass is 259 g/mol. The van der Waals surface area contributed by atoms with Crippen molar-refractivity contribution in [2.24, 2.45) is 0 Å². The molecule has 0 aliphatic rings. The van der Waals surface area contributed by atoms with Crippen LogP contribution in [-0.4, -0.2) is 5.11 Å². The second kappa shape index (κ2) is 5.85. The Bertz CT molecular complexity index is 568. The molecule has 3 heteroatoms. The molecule has 0 saturated carbocycles. The maximum Gasteiger partial charge on any atom is 0.123 e. The standard InChI is InChI=1S/C16H18FNO/c1-11-6-7-16(19)14(8-11)10-18-12(2)13-4-3-5-15(17)9-13/h3-9,12,18-19H,10H2,1-2H3. The smallest absolute Gasteiger partial charge is 0.123 e. The minimum absolute atomic E-state index is 0.0237. The van der Waals surface area contributed by atoms with E-state index >= 15 is 0 Å². The van der Waals surface area contributed by atoms with Crippen LogP contribution in [0.3, 0.4) is 0 Å². The van der Waals surface area contributed by atoms with E-state index in [0.717, 1.165) is 16.7 Å². The third kappa shape index (κ3) is 3.55. The number of aryl methyl sites for hydroxylation is 1. The Balaban J connectivity index is 2.04. The van der Waals surface area contributed by atoms with Gasteiger partial charge in [0.2, 0.25) is 0 Å². The van der Waals surface area contributed by atoms with E-state index in [1.807, 2.05) is 32.0 Å². The Morgan fingerprint density at radius 3 is 2.74 bits per heavy atom. The summed E-state index contributed by atoms with van der Waals surface area (Å²) in [5.41, 5.74) is 2.85. The van der Waals surface area contributed by atoms with Gasteiger partial charge in [0.15, 0.2) is 0 Å². The van der Waals surface area contributed by atoms with Gasteiger partial charge in [-0.25, -0.2) is 4.39 Å². The lowest BCUT2D eigenvalue weighted by Gasteiger charge is -2.15. The number of nitrogens with one attached hydrogen (secondary N) is 1. The van der Waals surface area contributed by atoms with Crippen molar-refractivity contribution in [1.29, 1.82) is 0 Å². The van der Waals surface area contributed by atoms with Crippen molar-refractivity contribution in [1.82, 2.24) is 5.32 Å². The van der Waals surface area contributed by atoms with Gasteiger partial charge < -0.3 is 10.4 Å². The summed E-state index contributed by atoms with van der Waals surface area (Å²) >= 11 is 0. The third-order valence-corrected chi connectivity index (χ3v) is 3.18. The number of rotatable bonds is 4. The second-order valence-electron chi connectivity index (χ2n) is 4.79. The van der Waals surface area contributed by atoms with Gasteiger partial charge in [-0.05, 0) is 37.6 Å². The molecule has 2 nitrogen and oxygen atoms in total. The Hall–Kier alpha value is -1.87. The molecule has 0 radical (unpaired) electrons. The number of hydrogen-bond acceptors (Lipinski definition) is 2. The number of phenolic OH excluding ortho intramolecular Hbond substituents is 1. The van der Waals surface area contributed by atoms with Gasteiger partial charge in [0.25, 0.3) is 0 Å². The Morgan fingerprint density at radius 2 is 2.00 bits per heavy atom. The number of aromatic hydroxyl groups is 1. The summed E-state index contributed by atoms with van der Waals surface area (Å²) in [6.07, 6.45) is 0. The van der Waals surface area contributed by atoms with Crippen LogP contribution in [0.4, 0.5) is 4.39 Å². The van der Waals surface area contributed by atoms with Crippen molar-refractivity contribution in [3.63, 3.8) is 0 Å². The molecule has 0 bridgehead atoms.